The van der Waals surface area contributed by atoms with E-state index >= 15 is 0 Å². The number of carbonyl (C=O) groups excluding carboxylic acids is 1. The third kappa shape index (κ3) is 5.18. The Morgan fingerprint density at radius 3 is 2.33 bits per heavy atom. The molecule has 1 amide bonds. The van der Waals surface area contributed by atoms with Gasteiger partial charge in [0.2, 0.25) is 0 Å². The van der Waals surface area contributed by atoms with Crippen molar-refractivity contribution in [2.45, 2.75) is 29.1 Å². The number of amides is 1. The van der Waals surface area contributed by atoms with Gasteiger partial charge in [-0.3, -0.25) is 4.79 Å². The second-order valence-corrected chi connectivity index (χ2v) is 7.79. The molecule has 0 aliphatic heterocycles. The van der Waals surface area contributed by atoms with Gasteiger partial charge in [0.15, 0.2) is 16.0 Å². The highest BCUT2D eigenvalue weighted by molar-refractivity contribution is 7.99. The SMILES string of the molecule is CSc1ncc(Cl)c(C(=O)Nc2ccc(Sc3nc(C)cc(C)n3)cc2)n1. The van der Waals surface area contributed by atoms with E-state index in [9.17, 15) is 4.79 Å². The summed E-state index contributed by atoms with van der Waals surface area (Å²) in [6.45, 7) is 3.89. The summed E-state index contributed by atoms with van der Waals surface area (Å²) in [7, 11) is 0. The highest BCUT2D eigenvalue weighted by Crippen LogP contribution is 2.26. The predicted molar refractivity (Wildman–Crippen MR) is 109 cm³/mol. The number of hydrogen-bond acceptors (Lipinski definition) is 7. The van der Waals surface area contributed by atoms with Gasteiger partial charge in [-0.05, 0) is 62.2 Å². The number of halogens is 1. The maximum absolute atomic E-state index is 12.4. The zero-order valence-electron chi connectivity index (χ0n) is 14.9. The minimum atomic E-state index is -0.379. The fourth-order valence-corrected chi connectivity index (χ4v) is 3.63. The Hall–Kier alpha value is -2.16. The van der Waals surface area contributed by atoms with Gasteiger partial charge in [-0.2, -0.15) is 0 Å². The molecule has 0 unspecified atom stereocenters. The number of aryl methyl sites for hydroxylation is 2. The summed E-state index contributed by atoms with van der Waals surface area (Å²) in [6.07, 6.45) is 3.26. The zero-order valence-corrected chi connectivity index (χ0v) is 17.2. The smallest absolute Gasteiger partial charge is 0.275 e. The standard InChI is InChI=1S/C18H16ClN5OS2/c1-10-8-11(2)22-18(21-10)27-13-6-4-12(5-7-13)23-16(25)15-14(19)9-20-17(24-15)26-3/h4-9H,1-3H3,(H,23,25). The number of nitrogens with one attached hydrogen (secondary N) is 1. The van der Waals surface area contributed by atoms with Gasteiger partial charge < -0.3 is 5.32 Å². The number of carbonyl (C=O) groups is 1. The number of thioether (sulfide) groups is 1. The predicted octanol–water partition coefficient (Wildman–Crippen LogP) is 4.66. The normalized spacial score (nSPS) is 10.7. The highest BCUT2D eigenvalue weighted by atomic mass is 35.5. The molecular weight excluding hydrogens is 402 g/mol. The van der Waals surface area contributed by atoms with Crippen molar-refractivity contribution in [3.05, 3.63) is 58.6 Å². The maximum atomic E-state index is 12.4. The monoisotopic (exact) mass is 417 g/mol. The van der Waals surface area contributed by atoms with Crippen LogP contribution in [0.15, 0.2) is 51.7 Å². The van der Waals surface area contributed by atoms with Crippen molar-refractivity contribution in [1.82, 2.24) is 19.9 Å². The Morgan fingerprint density at radius 2 is 1.70 bits per heavy atom. The van der Waals surface area contributed by atoms with Gasteiger partial charge in [-0.25, -0.2) is 19.9 Å². The van der Waals surface area contributed by atoms with E-state index in [2.05, 4.69) is 25.3 Å². The van der Waals surface area contributed by atoms with E-state index in [-0.39, 0.29) is 16.6 Å². The van der Waals surface area contributed by atoms with Crippen LogP contribution >= 0.6 is 35.1 Å². The van der Waals surface area contributed by atoms with E-state index in [0.29, 0.717) is 16.0 Å². The summed E-state index contributed by atoms with van der Waals surface area (Å²) in [5.74, 6) is -0.379. The number of hydrogen-bond donors (Lipinski definition) is 1. The largest absolute Gasteiger partial charge is 0.321 e. The molecule has 0 saturated heterocycles. The number of anilines is 1. The molecule has 0 fully saturated rings. The quantitative estimate of drug-likeness (QED) is 0.477. The second-order valence-electron chi connectivity index (χ2n) is 5.57. The molecule has 1 N–H and O–H groups in total. The van der Waals surface area contributed by atoms with E-state index in [4.69, 9.17) is 11.6 Å². The Kier molecular flexibility index (Phi) is 6.30. The molecule has 0 aliphatic rings. The fraction of sp³-hybridized carbons (Fsp3) is 0.167. The van der Waals surface area contributed by atoms with Crippen LogP contribution in [0.25, 0.3) is 0 Å². The Bertz CT molecular complexity index is 962. The van der Waals surface area contributed by atoms with Gasteiger partial charge in [0, 0.05) is 22.0 Å². The van der Waals surface area contributed by atoms with Crippen molar-refractivity contribution in [2.75, 3.05) is 11.6 Å². The molecule has 1 aromatic carbocycles. The van der Waals surface area contributed by atoms with E-state index in [1.54, 1.807) is 0 Å². The molecule has 138 valence electrons. The van der Waals surface area contributed by atoms with Crippen LogP contribution in [-0.4, -0.2) is 32.1 Å². The lowest BCUT2D eigenvalue weighted by Gasteiger charge is -2.08. The molecule has 3 aromatic rings. The first-order chi connectivity index (χ1) is 12.9. The number of aromatic nitrogens is 4. The van der Waals surface area contributed by atoms with Crippen LogP contribution in [0.1, 0.15) is 21.9 Å². The lowest BCUT2D eigenvalue weighted by molar-refractivity contribution is 0.102. The molecule has 2 heterocycles. The summed E-state index contributed by atoms with van der Waals surface area (Å²) in [5.41, 5.74) is 2.66. The van der Waals surface area contributed by atoms with Crippen LogP contribution in [0.5, 0.6) is 0 Å². The first-order valence-corrected chi connectivity index (χ1v) is 10.3. The molecule has 27 heavy (non-hydrogen) atoms. The van der Waals surface area contributed by atoms with E-state index in [1.165, 1.54) is 29.7 Å². The Balaban J connectivity index is 1.71. The molecule has 0 saturated carbocycles. The van der Waals surface area contributed by atoms with Crippen molar-refractivity contribution in [1.29, 1.82) is 0 Å². The molecule has 3 rings (SSSR count). The molecule has 0 bridgehead atoms. The lowest BCUT2D eigenvalue weighted by atomic mass is 10.3. The van der Waals surface area contributed by atoms with Crippen LogP contribution < -0.4 is 5.32 Å². The number of rotatable bonds is 5. The van der Waals surface area contributed by atoms with Crippen molar-refractivity contribution in [3.8, 4) is 0 Å². The summed E-state index contributed by atoms with van der Waals surface area (Å²) < 4.78 is 0. The van der Waals surface area contributed by atoms with E-state index < -0.39 is 0 Å². The molecule has 9 heteroatoms. The van der Waals surface area contributed by atoms with Crippen LogP contribution in [0.2, 0.25) is 5.02 Å². The molecule has 0 spiro atoms. The maximum Gasteiger partial charge on any atom is 0.275 e. The first-order valence-electron chi connectivity index (χ1n) is 7.92. The number of nitrogens with zero attached hydrogens (tertiary/aromatic N) is 4. The van der Waals surface area contributed by atoms with Crippen molar-refractivity contribution in [2.24, 2.45) is 0 Å². The average molecular weight is 418 g/mol. The van der Waals surface area contributed by atoms with E-state index in [1.807, 2.05) is 50.4 Å². The molecular formula is C18H16ClN5OS2. The van der Waals surface area contributed by atoms with Gasteiger partial charge >= 0.3 is 0 Å². The summed E-state index contributed by atoms with van der Waals surface area (Å²) in [4.78, 5) is 30.4. The van der Waals surface area contributed by atoms with Gasteiger partial charge in [-0.15, -0.1) is 0 Å². The summed E-state index contributed by atoms with van der Waals surface area (Å²) >= 11 is 8.86. The second kappa shape index (κ2) is 8.69. The van der Waals surface area contributed by atoms with Crippen LogP contribution in [-0.2, 0) is 0 Å². The topological polar surface area (TPSA) is 80.7 Å². The van der Waals surface area contributed by atoms with Gasteiger partial charge in [0.05, 0.1) is 11.2 Å². The molecule has 6 nitrogen and oxygen atoms in total. The molecule has 2 aromatic heterocycles. The third-order valence-electron chi connectivity index (χ3n) is 3.40. The van der Waals surface area contributed by atoms with Crippen LogP contribution in [0.3, 0.4) is 0 Å². The van der Waals surface area contributed by atoms with Gasteiger partial charge in [0.25, 0.3) is 5.91 Å². The lowest BCUT2D eigenvalue weighted by Crippen LogP contribution is -2.15. The Morgan fingerprint density at radius 1 is 1.04 bits per heavy atom. The average Bonchev–Trinajstić information content (AvgIpc) is 2.63. The zero-order chi connectivity index (χ0) is 19.4. The van der Waals surface area contributed by atoms with Crippen molar-refractivity contribution < 1.29 is 4.79 Å². The fourth-order valence-electron chi connectivity index (χ4n) is 2.25. The third-order valence-corrected chi connectivity index (χ3v) is 5.11. The Labute approximate surface area is 170 Å². The molecule has 0 atom stereocenters. The van der Waals surface area contributed by atoms with Gasteiger partial charge in [-0.1, -0.05) is 23.4 Å². The summed E-state index contributed by atoms with van der Waals surface area (Å²) in [5, 5.41) is 4.20. The van der Waals surface area contributed by atoms with Crippen LogP contribution in [0, 0.1) is 13.8 Å². The van der Waals surface area contributed by atoms with E-state index in [0.717, 1.165) is 16.3 Å². The molecule has 0 aliphatic carbocycles. The number of benzene rings is 1. The van der Waals surface area contributed by atoms with Crippen molar-refractivity contribution >= 4 is 46.7 Å². The van der Waals surface area contributed by atoms with Crippen molar-refractivity contribution in [3.63, 3.8) is 0 Å². The molecule has 0 radical (unpaired) electrons. The summed E-state index contributed by atoms with van der Waals surface area (Å²) in [6, 6.07) is 9.36. The van der Waals surface area contributed by atoms with Crippen LogP contribution in [0.4, 0.5) is 5.69 Å². The highest BCUT2D eigenvalue weighted by Gasteiger charge is 2.14. The first kappa shape index (κ1) is 19.6. The minimum absolute atomic E-state index is 0.151. The minimum Gasteiger partial charge on any atom is -0.321 e. The van der Waals surface area contributed by atoms with Gasteiger partial charge in [0.1, 0.15) is 0 Å².